The SMILES string of the molecule is CSc1ccc(C=NNC(=O)CSc2ncccn2)cc1. The van der Waals surface area contributed by atoms with Gasteiger partial charge < -0.3 is 0 Å². The van der Waals surface area contributed by atoms with E-state index in [9.17, 15) is 4.79 Å². The maximum Gasteiger partial charge on any atom is 0.250 e. The normalized spacial score (nSPS) is 10.7. The number of hydrogen-bond donors (Lipinski definition) is 1. The molecule has 0 aliphatic carbocycles. The van der Waals surface area contributed by atoms with Crippen LogP contribution >= 0.6 is 23.5 Å². The first-order valence-corrected chi connectivity index (χ1v) is 8.35. The molecule has 0 bridgehead atoms. The molecular formula is C14H14N4OS2. The van der Waals surface area contributed by atoms with E-state index in [2.05, 4.69) is 20.5 Å². The number of hydrogen-bond acceptors (Lipinski definition) is 6. The lowest BCUT2D eigenvalue weighted by Gasteiger charge is -1.99. The van der Waals surface area contributed by atoms with Gasteiger partial charge in [0.25, 0.3) is 5.91 Å². The van der Waals surface area contributed by atoms with Crippen LogP contribution in [0, 0.1) is 0 Å². The Bertz CT molecular complexity index is 602. The first-order valence-electron chi connectivity index (χ1n) is 6.13. The maximum atomic E-state index is 11.6. The van der Waals surface area contributed by atoms with Gasteiger partial charge in [-0.25, -0.2) is 15.4 Å². The summed E-state index contributed by atoms with van der Waals surface area (Å²) in [5.74, 6) is 0.0386. The first kappa shape index (κ1) is 15.5. The third kappa shape index (κ3) is 5.57. The number of nitrogens with one attached hydrogen (secondary N) is 1. The fourth-order valence-electron chi connectivity index (χ4n) is 1.39. The highest BCUT2D eigenvalue weighted by molar-refractivity contribution is 7.99. The molecule has 21 heavy (non-hydrogen) atoms. The van der Waals surface area contributed by atoms with Gasteiger partial charge in [0.05, 0.1) is 12.0 Å². The zero-order valence-electron chi connectivity index (χ0n) is 11.4. The Morgan fingerprint density at radius 3 is 2.67 bits per heavy atom. The summed E-state index contributed by atoms with van der Waals surface area (Å²) in [4.78, 5) is 20.8. The number of thioether (sulfide) groups is 2. The summed E-state index contributed by atoms with van der Waals surface area (Å²) in [6, 6.07) is 9.66. The molecular weight excluding hydrogens is 304 g/mol. The minimum absolute atomic E-state index is 0.190. The van der Waals surface area contributed by atoms with Crippen molar-refractivity contribution in [3.05, 3.63) is 48.3 Å². The van der Waals surface area contributed by atoms with Gasteiger partial charge in [0.15, 0.2) is 5.16 Å². The molecule has 0 aliphatic heterocycles. The van der Waals surface area contributed by atoms with Crippen molar-refractivity contribution in [3.8, 4) is 0 Å². The van der Waals surface area contributed by atoms with Gasteiger partial charge in [0.1, 0.15) is 0 Å². The third-order valence-electron chi connectivity index (χ3n) is 2.39. The van der Waals surface area contributed by atoms with E-state index in [0.29, 0.717) is 5.16 Å². The van der Waals surface area contributed by atoms with Gasteiger partial charge >= 0.3 is 0 Å². The topological polar surface area (TPSA) is 67.2 Å². The molecule has 2 rings (SSSR count). The fourth-order valence-corrected chi connectivity index (χ4v) is 2.39. The number of carbonyl (C=O) groups excluding carboxylic acids is 1. The monoisotopic (exact) mass is 318 g/mol. The minimum atomic E-state index is -0.190. The molecule has 0 spiro atoms. The Labute approximate surface area is 131 Å². The van der Waals surface area contributed by atoms with Gasteiger partial charge in [-0.15, -0.1) is 11.8 Å². The number of benzene rings is 1. The van der Waals surface area contributed by atoms with Crippen molar-refractivity contribution in [3.63, 3.8) is 0 Å². The summed E-state index contributed by atoms with van der Waals surface area (Å²) in [6.45, 7) is 0. The molecule has 0 unspecified atom stereocenters. The van der Waals surface area contributed by atoms with Crippen molar-refractivity contribution >= 4 is 35.6 Å². The first-order chi connectivity index (χ1) is 10.3. The minimum Gasteiger partial charge on any atom is -0.272 e. The van der Waals surface area contributed by atoms with Crippen LogP contribution < -0.4 is 5.43 Å². The second-order valence-electron chi connectivity index (χ2n) is 3.89. The summed E-state index contributed by atoms with van der Waals surface area (Å²) >= 11 is 2.95. The summed E-state index contributed by atoms with van der Waals surface area (Å²) in [7, 11) is 0. The lowest BCUT2D eigenvalue weighted by atomic mass is 10.2. The van der Waals surface area contributed by atoms with Crippen LogP contribution in [0.2, 0.25) is 0 Å². The highest BCUT2D eigenvalue weighted by Crippen LogP contribution is 2.14. The molecule has 1 N–H and O–H groups in total. The Hall–Kier alpha value is -1.86. The van der Waals surface area contributed by atoms with Gasteiger partial charge in [-0.3, -0.25) is 4.79 Å². The van der Waals surface area contributed by atoms with Crippen LogP contribution in [-0.4, -0.2) is 34.1 Å². The Kier molecular flexibility index (Phi) is 6.23. The van der Waals surface area contributed by atoms with Crippen molar-refractivity contribution in [1.82, 2.24) is 15.4 Å². The molecule has 0 atom stereocenters. The molecule has 0 saturated heterocycles. The molecule has 0 radical (unpaired) electrons. The predicted octanol–water partition coefficient (Wildman–Crippen LogP) is 2.44. The molecule has 108 valence electrons. The highest BCUT2D eigenvalue weighted by atomic mass is 32.2. The predicted molar refractivity (Wildman–Crippen MR) is 86.7 cm³/mol. The zero-order chi connectivity index (χ0) is 14.9. The van der Waals surface area contributed by atoms with Gasteiger partial charge in [-0.1, -0.05) is 23.9 Å². The number of hydrazone groups is 1. The van der Waals surface area contributed by atoms with Crippen molar-refractivity contribution in [2.24, 2.45) is 5.10 Å². The summed E-state index contributed by atoms with van der Waals surface area (Å²) in [5, 5.41) is 4.50. The van der Waals surface area contributed by atoms with Gasteiger partial charge in [-0.05, 0) is 30.0 Å². The van der Waals surface area contributed by atoms with E-state index in [1.165, 1.54) is 16.7 Å². The lowest BCUT2D eigenvalue weighted by Crippen LogP contribution is -2.19. The Morgan fingerprint density at radius 2 is 2.00 bits per heavy atom. The number of amides is 1. The maximum absolute atomic E-state index is 11.6. The van der Waals surface area contributed by atoms with Gasteiger partial charge in [0, 0.05) is 17.3 Å². The Morgan fingerprint density at radius 1 is 1.29 bits per heavy atom. The van der Waals surface area contributed by atoms with Crippen LogP contribution in [0.3, 0.4) is 0 Å². The van der Waals surface area contributed by atoms with Gasteiger partial charge in [-0.2, -0.15) is 5.10 Å². The number of nitrogens with zero attached hydrogens (tertiary/aromatic N) is 3. The molecule has 1 aromatic heterocycles. The average molecular weight is 318 g/mol. The van der Waals surface area contributed by atoms with Crippen LogP contribution in [0.5, 0.6) is 0 Å². The van der Waals surface area contributed by atoms with Crippen LogP contribution in [0.1, 0.15) is 5.56 Å². The highest BCUT2D eigenvalue weighted by Gasteiger charge is 2.02. The molecule has 1 aromatic carbocycles. The van der Waals surface area contributed by atoms with Crippen molar-refractivity contribution < 1.29 is 4.79 Å². The molecule has 0 aliphatic rings. The second-order valence-corrected chi connectivity index (χ2v) is 5.71. The van der Waals surface area contributed by atoms with E-state index in [4.69, 9.17) is 0 Å². The van der Waals surface area contributed by atoms with Crippen LogP contribution in [0.4, 0.5) is 0 Å². The van der Waals surface area contributed by atoms with Crippen molar-refractivity contribution in [1.29, 1.82) is 0 Å². The van der Waals surface area contributed by atoms with Gasteiger partial charge in [0.2, 0.25) is 0 Å². The second kappa shape index (κ2) is 8.43. The molecule has 7 heteroatoms. The Balaban J connectivity index is 1.76. The number of carbonyl (C=O) groups is 1. The largest absolute Gasteiger partial charge is 0.272 e. The smallest absolute Gasteiger partial charge is 0.250 e. The molecule has 1 heterocycles. The number of rotatable bonds is 6. The fraction of sp³-hybridized carbons (Fsp3) is 0.143. The van der Waals surface area contributed by atoms with Crippen molar-refractivity contribution in [2.75, 3.05) is 12.0 Å². The van der Waals surface area contributed by atoms with E-state index in [-0.39, 0.29) is 11.7 Å². The van der Waals surface area contributed by atoms with Crippen molar-refractivity contribution in [2.45, 2.75) is 10.1 Å². The molecule has 1 amide bonds. The van der Waals surface area contributed by atoms with Crippen LogP contribution in [-0.2, 0) is 4.79 Å². The summed E-state index contributed by atoms with van der Waals surface area (Å²) < 4.78 is 0. The standard InChI is InChI=1S/C14H14N4OS2/c1-20-12-5-3-11(4-6-12)9-17-18-13(19)10-21-14-15-7-2-8-16-14/h2-9H,10H2,1H3,(H,18,19). The average Bonchev–Trinajstić information content (AvgIpc) is 2.54. The van der Waals surface area contributed by atoms with E-state index in [1.807, 2.05) is 30.5 Å². The van der Waals surface area contributed by atoms with E-state index < -0.39 is 0 Å². The summed E-state index contributed by atoms with van der Waals surface area (Å²) in [6.07, 6.45) is 6.93. The quantitative estimate of drug-likeness (QED) is 0.383. The zero-order valence-corrected chi connectivity index (χ0v) is 13.0. The molecule has 5 nitrogen and oxygen atoms in total. The molecule has 2 aromatic rings. The van der Waals surface area contributed by atoms with E-state index >= 15 is 0 Å². The van der Waals surface area contributed by atoms with Crippen LogP contribution in [0.15, 0.2) is 57.9 Å². The van der Waals surface area contributed by atoms with Crippen LogP contribution in [0.25, 0.3) is 0 Å². The lowest BCUT2D eigenvalue weighted by molar-refractivity contribution is -0.118. The summed E-state index contributed by atoms with van der Waals surface area (Å²) in [5.41, 5.74) is 3.42. The van der Waals surface area contributed by atoms with E-state index in [1.54, 1.807) is 36.4 Å². The molecule has 0 saturated carbocycles. The molecule has 0 fully saturated rings. The third-order valence-corrected chi connectivity index (χ3v) is 4.01. The number of aromatic nitrogens is 2. The van der Waals surface area contributed by atoms with E-state index in [0.717, 1.165) is 5.56 Å².